The molecule has 1 atom stereocenters. The molecule has 0 spiro atoms. The number of carbonyl (C=O) groups is 1. The van der Waals surface area contributed by atoms with E-state index in [-0.39, 0.29) is 6.04 Å². The lowest BCUT2D eigenvalue weighted by molar-refractivity contribution is 0.188. The van der Waals surface area contributed by atoms with Crippen molar-refractivity contribution in [3.63, 3.8) is 0 Å². The molecular weight excluding hydrogens is 264 g/mol. The molecule has 2 N–H and O–H groups in total. The minimum absolute atomic E-state index is 0.0321. The SMILES string of the molecule is O=C(O)NC1CCCc2cc(CN3CCCCC3)ccc21. The molecule has 1 unspecified atom stereocenters. The Balaban J connectivity index is 1.72. The summed E-state index contributed by atoms with van der Waals surface area (Å²) in [4.78, 5) is 13.4. The predicted molar refractivity (Wildman–Crippen MR) is 82.4 cm³/mol. The van der Waals surface area contributed by atoms with Crippen molar-refractivity contribution in [3.8, 4) is 0 Å². The lowest BCUT2D eigenvalue weighted by Crippen LogP contribution is -2.30. The molecule has 4 heteroatoms. The van der Waals surface area contributed by atoms with Crippen molar-refractivity contribution in [2.45, 2.75) is 51.1 Å². The number of amides is 1. The van der Waals surface area contributed by atoms with E-state index in [9.17, 15) is 4.79 Å². The summed E-state index contributed by atoms with van der Waals surface area (Å²) in [5, 5.41) is 11.6. The van der Waals surface area contributed by atoms with Crippen LogP contribution in [0.15, 0.2) is 18.2 Å². The molecule has 1 amide bonds. The highest BCUT2D eigenvalue weighted by Gasteiger charge is 2.22. The van der Waals surface area contributed by atoms with Crippen LogP contribution in [-0.2, 0) is 13.0 Å². The smallest absolute Gasteiger partial charge is 0.405 e. The maximum atomic E-state index is 10.9. The van der Waals surface area contributed by atoms with Crippen LogP contribution in [0.4, 0.5) is 4.79 Å². The van der Waals surface area contributed by atoms with Crippen LogP contribution in [0.3, 0.4) is 0 Å². The Labute approximate surface area is 126 Å². The molecule has 2 aliphatic rings. The van der Waals surface area contributed by atoms with E-state index in [4.69, 9.17) is 5.11 Å². The van der Waals surface area contributed by atoms with Gasteiger partial charge in [0.05, 0.1) is 6.04 Å². The number of likely N-dealkylation sites (tertiary alicyclic amines) is 1. The number of fused-ring (bicyclic) bond motifs is 1. The van der Waals surface area contributed by atoms with Crippen molar-refractivity contribution in [2.24, 2.45) is 0 Å². The number of hydrogen-bond acceptors (Lipinski definition) is 2. The molecule has 114 valence electrons. The fourth-order valence-electron chi connectivity index (χ4n) is 3.64. The number of aryl methyl sites for hydroxylation is 1. The summed E-state index contributed by atoms with van der Waals surface area (Å²) in [7, 11) is 0. The fourth-order valence-corrected chi connectivity index (χ4v) is 3.64. The Morgan fingerprint density at radius 3 is 2.81 bits per heavy atom. The standard InChI is InChI=1S/C17H24N2O2/c20-17(21)18-16-6-4-5-14-11-13(7-8-15(14)16)12-19-9-2-1-3-10-19/h7-8,11,16,18H,1-6,9-10,12H2,(H,20,21). The van der Waals surface area contributed by atoms with Gasteiger partial charge in [0.15, 0.2) is 0 Å². The minimum Gasteiger partial charge on any atom is -0.465 e. The number of hydrogen-bond donors (Lipinski definition) is 2. The van der Waals surface area contributed by atoms with Crippen LogP contribution in [0.25, 0.3) is 0 Å². The molecule has 1 heterocycles. The predicted octanol–water partition coefficient (Wildman–Crippen LogP) is 3.32. The molecule has 0 saturated carbocycles. The summed E-state index contributed by atoms with van der Waals surface area (Å²) in [6, 6.07) is 6.57. The fraction of sp³-hybridized carbons (Fsp3) is 0.588. The lowest BCUT2D eigenvalue weighted by atomic mass is 9.86. The number of carboxylic acid groups (broad SMARTS) is 1. The van der Waals surface area contributed by atoms with Gasteiger partial charge in [-0.1, -0.05) is 24.6 Å². The van der Waals surface area contributed by atoms with Gasteiger partial charge in [-0.25, -0.2) is 4.79 Å². The quantitative estimate of drug-likeness (QED) is 0.897. The number of nitrogens with one attached hydrogen (secondary N) is 1. The molecule has 1 fully saturated rings. The summed E-state index contributed by atoms with van der Waals surface area (Å²) in [5.74, 6) is 0. The Bertz CT molecular complexity index is 510. The molecule has 1 aromatic carbocycles. The van der Waals surface area contributed by atoms with Gasteiger partial charge in [-0.3, -0.25) is 4.90 Å². The zero-order chi connectivity index (χ0) is 14.7. The average Bonchev–Trinajstić information content (AvgIpc) is 2.48. The van der Waals surface area contributed by atoms with Gasteiger partial charge < -0.3 is 10.4 Å². The largest absolute Gasteiger partial charge is 0.465 e. The van der Waals surface area contributed by atoms with Gasteiger partial charge >= 0.3 is 6.09 Å². The van der Waals surface area contributed by atoms with Crippen LogP contribution >= 0.6 is 0 Å². The highest BCUT2D eigenvalue weighted by atomic mass is 16.4. The van der Waals surface area contributed by atoms with Crippen LogP contribution in [0, 0.1) is 0 Å². The summed E-state index contributed by atoms with van der Waals surface area (Å²) >= 11 is 0. The summed E-state index contributed by atoms with van der Waals surface area (Å²) in [6.07, 6.45) is 6.11. The molecular formula is C17H24N2O2. The lowest BCUT2D eigenvalue weighted by Gasteiger charge is -2.28. The second-order valence-corrected chi connectivity index (χ2v) is 6.26. The monoisotopic (exact) mass is 288 g/mol. The summed E-state index contributed by atoms with van der Waals surface area (Å²) < 4.78 is 0. The van der Waals surface area contributed by atoms with Crippen molar-refractivity contribution >= 4 is 6.09 Å². The molecule has 1 aromatic rings. The Kier molecular flexibility index (Phi) is 4.44. The van der Waals surface area contributed by atoms with E-state index in [1.165, 1.54) is 49.0 Å². The maximum absolute atomic E-state index is 10.9. The van der Waals surface area contributed by atoms with E-state index < -0.39 is 6.09 Å². The molecule has 3 rings (SSSR count). The van der Waals surface area contributed by atoms with Crippen molar-refractivity contribution in [3.05, 3.63) is 34.9 Å². The molecule has 1 saturated heterocycles. The van der Waals surface area contributed by atoms with Gasteiger partial charge in [0.1, 0.15) is 0 Å². The maximum Gasteiger partial charge on any atom is 0.405 e. The van der Waals surface area contributed by atoms with Gasteiger partial charge in [-0.2, -0.15) is 0 Å². The van der Waals surface area contributed by atoms with E-state index in [1.807, 2.05) is 0 Å². The first kappa shape index (κ1) is 14.4. The average molecular weight is 288 g/mol. The number of rotatable bonds is 3. The zero-order valence-corrected chi connectivity index (χ0v) is 12.5. The van der Waals surface area contributed by atoms with Gasteiger partial charge in [-0.05, 0) is 61.9 Å². The number of benzene rings is 1. The molecule has 1 aliphatic heterocycles. The van der Waals surface area contributed by atoms with Gasteiger partial charge in [-0.15, -0.1) is 0 Å². The van der Waals surface area contributed by atoms with Crippen molar-refractivity contribution < 1.29 is 9.90 Å². The first-order valence-corrected chi connectivity index (χ1v) is 8.06. The highest BCUT2D eigenvalue weighted by Crippen LogP contribution is 2.30. The normalized spacial score (nSPS) is 22.6. The molecule has 21 heavy (non-hydrogen) atoms. The molecule has 0 bridgehead atoms. The van der Waals surface area contributed by atoms with Crippen LogP contribution < -0.4 is 5.32 Å². The van der Waals surface area contributed by atoms with E-state index in [2.05, 4.69) is 28.4 Å². The van der Waals surface area contributed by atoms with E-state index >= 15 is 0 Å². The van der Waals surface area contributed by atoms with Gasteiger partial charge in [0, 0.05) is 6.54 Å². The van der Waals surface area contributed by atoms with E-state index in [0.717, 1.165) is 25.8 Å². The summed E-state index contributed by atoms with van der Waals surface area (Å²) in [5.41, 5.74) is 3.87. The van der Waals surface area contributed by atoms with Crippen molar-refractivity contribution in [1.82, 2.24) is 10.2 Å². The molecule has 4 nitrogen and oxygen atoms in total. The van der Waals surface area contributed by atoms with E-state index in [0.29, 0.717) is 0 Å². The van der Waals surface area contributed by atoms with Gasteiger partial charge in [0.2, 0.25) is 0 Å². The Morgan fingerprint density at radius 2 is 2.05 bits per heavy atom. The zero-order valence-electron chi connectivity index (χ0n) is 12.5. The third kappa shape index (κ3) is 3.56. The van der Waals surface area contributed by atoms with Crippen molar-refractivity contribution in [2.75, 3.05) is 13.1 Å². The highest BCUT2D eigenvalue weighted by molar-refractivity contribution is 5.65. The van der Waals surface area contributed by atoms with Crippen LogP contribution in [0.2, 0.25) is 0 Å². The second-order valence-electron chi connectivity index (χ2n) is 6.26. The van der Waals surface area contributed by atoms with E-state index in [1.54, 1.807) is 0 Å². The first-order chi connectivity index (χ1) is 10.2. The topological polar surface area (TPSA) is 52.6 Å². The number of nitrogens with zero attached hydrogens (tertiary/aromatic N) is 1. The third-order valence-corrected chi connectivity index (χ3v) is 4.67. The molecule has 0 radical (unpaired) electrons. The third-order valence-electron chi connectivity index (χ3n) is 4.67. The number of piperidine rings is 1. The van der Waals surface area contributed by atoms with Gasteiger partial charge in [0.25, 0.3) is 0 Å². The van der Waals surface area contributed by atoms with Crippen LogP contribution in [0.5, 0.6) is 0 Å². The second kappa shape index (κ2) is 6.48. The van der Waals surface area contributed by atoms with Crippen LogP contribution in [-0.4, -0.2) is 29.2 Å². The van der Waals surface area contributed by atoms with Crippen molar-refractivity contribution in [1.29, 1.82) is 0 Å². The van der Waals surface area contributed by atoms with Crippen LogP contribution in [0.1, 0.15) is 54.8 Å². The Morgan fingerprint density at radius 1 is 1.24 bits per heavy atom. The Hall–Kier alpha value is -1.55. The molecule has 1 aliphatic carbocycles. The first-order valence-electron chi connectivity index (χ1n) is 8.06. The summed E-state index contributed by atoms with van der Waals surface area (Å²) in [6.45, 7) is 3.45. The molecule has 0 aromatic heterocycles. The minimum atomic E-state index is -0.926.